The second-order valence-electron chi connectivity index (χ2n) is 9.97. The first-order valence-electron chi connectivity index (χ1n) is 11.8. The predicted octanol–water partition coefficient (Wildman–Crippen LogP) is 6.95. The number of esters is 1. The molecule has 0 fully saturated rings. The summed E-state index contributed by atoms with van der Waals surface area (Å²) in [6.07, 6.45) is 2.57. The van der Waals surface area contributed by atoms with Gasteiger partial charge < -0.3 is 15.4 Å². The van der Waals surface area contributed by atoms with Gasteiger partial charge in [-0.3, -0.25) is 9.59 Å². The number of carbonyl (C=O) groups is 3. The van der Waals surface area contributed by atoms with Crippen LogP contribution in [0.1, 0.15) is 68.7 Å². The van der Waals surface area contributed by atoms with E-state index in [-0.39, 0.29) is 22.8 Å². The van der Waals surface area contributed by atoms with Crippen molar-refractivity contribution in [1.82, 2.24) is 0 Å². The second-order valence-corrected chi connectivity index (χ2v) is 12.0. The summed E-state index contributed by atoms with van der Waals surface area (Å²) in [4.78, 5) is 40.1. The third-order valence-electron chi connectivity index (χ3n) is 6.61. The quantitative estimate of drug-likeness (QED) is 0.326. The first-order valence-corrected chi connectivity index (χ1v) is 13.4. The van der Waals surface area contributed by atoms with Crippen molar-refractivity contribution >= 4 is 55.7 Å². The lowest BCUT2D eigenvalue weighted by Gasteiger charge is -2.33. The molecule has 2 N–H and O–H groups in total. The second kappa shape index (κ2) is 10.6. The number of hydrogen-bond donors (Lipinski definition) is 2. The highest BCUT2D eigenvalue weighted by Gasteiger charge is 2.34. The summed E-state index contributed by atoms with van der Waals surface area (Å²) in [5.74, 6) is -0.698. The fraction of sp³-hybridized carbons (Fsp3) is 0.321. The van der Waals surface area contributed by atoms with Crippen molar-refractivity contribution in [2.24, 2.45) is 11.3 Å². The molecule has 0 aliphatic heterocycles. The van der Waals surface area contributed by atoms with Crippen LogP contribution in [0.3, 0.4) is 0 Å². The van der Waals surface area contributed by atoms with E-state index < -0.39 is 5.97 Å². The Morgan fingerprint density at radius 3 is 2.47 bits per heavy atom. The largest absolute Gasteiger partial charge is 0.465 e. The van der Waals surface area contributed by atoms with Crippen molar-refractivity contribution in [3.63, 3.8) is 0 Å². The molecule has 1 aliphatic rings. The Balaban J connectivity index is 1.71. The number of carbonyl (C=O) groups excluding carboxylic acids is 3. The van der Waals surface area contributed by atoms with E-state index in [0.717, 1.165) is 34.2 Å². The maximum atomic E-state index is 13.7. The van der Waals surface area contributed by atoms with E-state index in [1.165, 1.54) is 18.4 Å². The van der Waals surface area contributed by atoms with Gasteiger partial charge >= 0.3 is 5.97 Å². The summed E-state index contributed by atoms with van der Waals surface area (Å²) < 4.78 is 5.67. The number of anilines is 2. The van der Waals surface area contributed by atoms with Gasteiger partial charge in [-0.15, -0.1) is 11.3 Å². The van der Waals surface area contributed by atoms with Crippen molar-refractivity contribution in [2.75, 3.05) is 17.7 Å². The summed E-state index contributed by atoms with van der Waals surface area (Å²) >= 11 is 4.87. The molecule has 2 aromatic carbocycles. The van der Waals surface area contributed by atoms with Crippen molar-refractivity contribution < 1.29 is 19.1 Å². The maximum Gasteiger partial charge on any atom is 0.339 e. The molecule has 6 nitrogen and oxygen atoms in total. The molecule has 8 heteroatoms. The van der Waals surface area contributed by atoms with E-state index in [1.54, 1.807) is 42.5 Å². The maximum absolute atomic E-state index is 13.7. The number of halogens is 1. The molecular weight excluding hydrogens is 540 g/mol. The van der Waals surface area contributed by atoms with Crippen LogP contribution in [0.4, 0.5) is 10.7 Å². The highest BCUT2D eigenvalue weighted by Crippen LogP contribution is 2.44. The zero-order valence-electron chi connectivity index (χ0n) is 20.7. The molecule has 0 bridgehead atoms. The molecule has 1 aliphatic carbocycles. The van der Waals surface area contributed by atoms with Crippen LogP contribution in [0, 0.1) is 11.3 Å². The zero-order valence-corrected chi connectivity index (χ0v) is 23.1. The van der Waals surface area contributed by atoms with E-state index in [4.69, 9.17) is 4.74 Å². The molecule has 4 rings (SSSR count). The molecule has 3 aromatic rings. The topological polar surface area (TPSA) is 84.5 Å². The van der Waals surface area contributed by atoms with Gasteiger partial charge in [-0.1, -0.05) is 54.9 Å². The lowest BCUT2D eigenvalue weighted by atomic mass is 9.72. The summed E-state index contributed by atoms with van der Waals surface area (Å²) in [7, 11) is 1.30. The number of methoxy groups -OCH3 is 1. The van der Waals surface area contributed by atoms with E-state index >= 15 is 0 Å². The van der Waals surface area contributed by atoms with Gasteiger partial charge in [0.2, 0.25) is 0 Å². The Morgan fingerprint density at radius 1 is 1.03 bits per heavy atom. The van der Waals surface area contributed by atoms with Crippen molar-refractivity contribution in [1.29, 1.82) is 0 Å². The van der Waals surface area contributed by atoms with Crippen LogP contribution >= 0.6 is 27.3 Å². The van der Waals surface area contributed by atoms with Crippen molar-refractivity contribution in [3.8, 4) is 0 Å². The van der Waals surface area contributed by atoms with Gasteiger partial charge in [0.25, 0.3) is 11.8 Å². The van der Waals surface area contributed by atoms with Gasteiger partial charge in [0.05, 0.1) is 23.9 Å². The number of hydrogen-bond acceptors (Lipinski definition) is 5. The summed E-state index contributed by atoms with van der Waals surface area (Å²) in [6.45, 7) is 6.72. The van der Waals surface area contributed by atoms with Crippen molar-refractivity contribution in [2.45, 2.75) is 40.0 Å². The van der Waals surface area contributed by atoms with E-state index in [0.29, 0.717) is 27.7 Å². The molecule has 1 aromatic heterocycles. The van der Waals surface area contributed by atoms with Gasteiger partial charge in [0.15, 0.2) is 0 Å². The molecule has 1 atom stereocenters. The fourth-order valence-corrected chi connectivity index (χ4v) is 6.24. The normalized spacial score (nSPS) is 15.1. The van der Waals surface area contributed by atoms with Crippen molar-refractivity contribution in [3.05, 3.63) is 80.1 Å². The number of amides is 2. The minimum absolute atomic E-state index is 0.142. The van der Waals surface area contributed by atoms with Gasteiger partial charge in [-0.25, -0.2) is 4.79 Å². The lowest BCUT2D eigenvalue weighted by molar-refractivity contribution is 0.0601. The predicted molar refractivity (Wildman–Crippen MR) is 147 cm³/mol. The Kier molecular flexibility index (Phi) is 7.66. The van der Waals surface area contributed by atoms with E-state index in [9.17, 15) is 14.4 Å². The summed E-state index contributed by atoms with van der Waals surface area (Å²) in [6, 6.07) is 13.8. The molecule has 188 valence electrons. The van der Waals surface area contributed by atoms with Crippen LogP contribution in [0.2, 0.25) is 0 Å². The molecule has 0 saturated heterocycles. The minimum atomic E-state index is -0.533. The van der Waals surface area contributed by atoms with Gasteiger partial charge in [-0.05, 0) is 66.5 Å². The van der Waals surface area contributed by atoms with Crippen LogP contribution in [-0.2, 0) is 17.6 Å². The Labute approximate surface area is 223 Å². The average molecular weight is 570 g/mol. The Hall–Kier alpha value is -2.97. The molecule has 1 unspecified atom stereocenters. The lowest BCUT2D eigenvalue weighted by Crippen LogP contribution is -2.27. The molecule has 0 saturated carbocycles. The molecule has 2 amide bonds. The number of thiophene rings is 1. The highest BCUT2D eigenvalue weighted by molar-refractivity contribution is 9.10. The third kappa shape index (κ3) is 5.55. The SMILES string of the molecule is COC(=O)c1ccccc1NC(=O)c1c(NC(=O)c2cccc(Br)c2)sc2c1CCC(C(C)(C)C)C2. The first kappa shape index (κ1) is 26.1. The molecule has 0 radical (unpaired) electrons. The monoisotopic (exact) mass is 568 g/mol. The fourth-order valence-electron chi connectivity index (χ4n) is 4.52. The van der Waals surface area contributed by atoms with Crippen LogP contribution < -0.4 is 10.6 Å². The van der Waals surface area contributed by atoms with Gasteiger partial charge in [0.1, 0.15) is 5.00 Å². The highest BCUT2D eigenvalue weighted by atomic mass is 79.9. The third-order valence-corrected chi connectivity index (χ3v) is 8.27. The number of nitrogens with one attached hydrogen (secondary N) is 2. The smallest absolute Gasteiger partial charge is 0.339 e. The molecule has 1 heterocycles. The average Bonchev–Trinajstić information content (AvgIpc) is 3.20. The number of ether oxygens (including phenoxy) is 1. The van der Waals surface area contributed by atoms with Crippen LogP contribution in [0.15, 0.2) is 53.0 Å². The van der Waals surface area contributed by atoms with Gasteiger partial charge in [-0.2, -0.15) is 0 Å². The molecule has 36 heavy (non-hydrogen) atoms. The van der Waals surface area contributed by atoms with Crippen LogP contribution in [0.5, 0.6) is 0 Å². The number of benzene rings is 2. The first-order chi connectivity index (χ1) is 17.1. The minimum Gasteiger partial charge on any atom is -0.465 e. The van der Waals surface area contributed by atoms with Crippen LogP contribution in [-0.4, -0.2) is 24.9 Å². The standard InChI is InChI=1S/C28H29BrN2O4S/c1-28(2,3)17-12-13-20-22(15-17)36-26(31-24(32)16-8-7-9-18(29)14-16)23(20)25(33)30-21-11-6-5-10-19(21)27(34)35-4/h5-11,14,17H,12-13,15H2,1-4H3,(H,30,33)(H,31,32). The van der Waals surface area contributed by atoms with Crippen LogP contribution in [0.25, 0.3) is 0 Å². The molecule has 0 spiro atoms. The van der Waals surface area contributed by atoms with Gasteiger partial charge in [0, 0.05) is 14.9 Å². The van der Waals surface area contributed by atoms with E-state index in [2.05, 4.69) is 47.3 Å². The summed E-state index contributed by atoms with van der Waals surface area (Å²) in [5.41, 5.74) is 2.70. The molecular formula is C28H29BrN2O4S. The van der Waals surface area contributed by atoms with E-state index in [1.807, 2.05) is 6.07 Å². The Bertz CT molecular complexity index is 1330. The number of para-hydroxylation sites is 1. The number of rotatable bonds is 5. The number of fused-ring (bicyclic) bond motifs is 1. The Morgan fingerprint density at radius 2 is 1.78 bits per heavy atom. The zero-order chi connectivity index (χ0) is 26.0. The summed E-state index contributed by atoms with van der Waals surface area (Å²) in [5, 5.41) is 6.40.